The third-order valence-electron chi connectivity index (χ3n) is 4.46. The molecule has 2 fully saturated rings. The monoisotopic (exact) mass is 372 g/mol. The molecular formula is C15H18Br2O. The molecule has 0 aromatic heterocycles. The van der Waals surface area contributed by atoms with Crippen LogP contribution in [0.1, 0.15) is 25.7 Å². The van der Waals surface area contributed by atoms with Gasteiger partial charge in [0.25, 0.3) is 0 Å². The van der Waals surface area contributed by atoms with E-state index < -0.39 is 0 Å². The van der Waals surface area contributed by atoms with Gasteiger partial charge in [-0.2, -0.15) is 0 Å². The predicted octanol–water partition coefficient (Wildman–Crippen LogP) is 5.03. The molecule has 2 aliphatic carbocycles. The number of benzene rings is 1. The van der Waals surface area contributed by atoms with E-state index in [1.165, 1.54) is 25.7 Å². The molecule has 0 radical (unpaired) electrons. The van der Waals surface area contributed by atoms with E-state index in [1.807, 2.05) is 24.3 Å². The summed E-state index contributed by atoms with van der Waals surface area (Å²) in [7, 11) is 0. The van der Waals surface area contributed by atoms with Crippen LogP contribution >= 0.6 is 31.9 Å². The molecule has 0 amide bonds. The second-order valence-electron chi connectivity index (χ2n) is 5.85. The van der Waals surface area contributed by atoms with Crippen LogP contribution in [0.3, 0.4) is 0 Å². The van der Waals surface area contributed by atoms with E-state index in [2.05, 4.69) is 31.9 Å². The molecule has 2 saturated carbocycles. The molecule has 0 spiro atoms. The van der Waals surface area contributed by atoms with Crippen molar-refractivity contribution in [3.05, 3.63) is 28.7 Å². The summed E-state index contributed by atoms with van der Waals surface area (Å²) in [6, 6.07) is 8.11. The molecule has 0 saturated heterocycles. The van der Waals surface area contributed by atoms with Crippen LogP contribution in [-0.2, 0) is 0 Å². The highest BCUT2D eigenvalue weighted by molar-refractivity contribution is 9.10. The van der Waals surface area contributed by atoms with Gasteiger partial charge in [0, 0.05) is 9.80 Å². The average Bonchev–Trinajstić information content (AvgIpc) is 3.00. The van der Waals surface area contributed by atoms with Crippen molar-refractivity contribution in [2.75, 3.05) is 11.9 Å². The molecule has 1 aromatic carbocycles. The van der Waals surface area contributed by atoms with Gasteiger partial charge >= 0.3 is 0 Å². The zero-order valence-corrected chi connectivity index (χ0v) is 13.5. The molecule has 1 nitrogen and oxygen atoms in total. The molecule has 2 atom stereocenters. The summed E-state index contributed by atoms with van der Waals surface area (Å²) in [5.41, 5.74) is 0.517. The van der Waals surface area contributed by atoms with Crippen molar-refractivity contribution in [3.63, 3.8) is 0 Å². The van der Waals surface area contributed by atoms with Gasteiger partial charge in [0.15, 0.2) is 0 Å². The van der Waals surface area contributed by atoms with E-state index in [0.29, 0.717) is 5.41 Å². The standard InChI is InChI=1S/C15H18Br2O/c16-10-15(8-11-7-12(11)9-15)5-6-18-14-3-1-13(17)2-4-14/h1-4,11-12H,5-10H2. The summed E-state index contributed by atoms with van der Waals surface area (Å²) >= 11 is 7.15. The van der Waals surface area contributed by atoms with Gasteiger partial charge in [-0.05, 0) is 67.2 Å². The molecule has 2 aliphatic rings. The molecule has 0 heterocycles. The summed E-state index contributed by atoms with van der Waals surface area (Å²) in [5, 5.41) is 1.14. The van der Waals surface area contributed by atoms with Crippen molar-refractivity contribution in [2.45, 2.75) is 25.7 Å². The van der Waals surface area contributed by atoms with Crippen LogP contribution in [-0.4, -0.2) is 11.9 Å². The number of halogens is 2. The number of fused-ring (bicyclic) bond motifs is 1. The number of rotatable bonds is 5. The Morgan fingerprint density at radius 2 is 1.83 bits per heavy atom. The first-order valence-electron chi connectivity index (χ1n) is 6.65. The maximum atomic E-state index is 5.86. The second kappa shape index (κ2) is 5.16. The van der Waals surface area contributed by atoms with Gasteiger partial charge in [0.05, 0.1) is 6.61 Å². The van der Waals surface area contributed by atoms with Crippen LogP contribution in [0.4, 0.5) is 0 Å². The first kappa shape index (κ1) is 13.0. The minimum atomic E-state index is 0.517. The Labute approximate surface area is 126 Å². The molecule has 18 heavy (non-hydrogen) atoms. The predicted molar refractivity (Wildman–Crippen MR) is 81.3 cm³/mol. The topological polar surface area (TPSA) is 9.23 Å². The van der Waals surface area contributed by atoms with E-state index in [4.69, 9.17) is 4.74 Å². The van der Waals surface area contributed by atoms with Crippen molar-refractivity contribution in [1.29, 1.82) is 0 Å². The van der Waals surface area contributed by atoms with Crippen molar-refractivity contribution < 1.29 is 4.74 Å². The van der Waals surface area contributed by atoms with Gasteiger partial charge in [-0.1, -0.05) is 31.9 Å². The maximum absolute atomic E-state index is 5.86. The molecule has 3 rings (SSSR count). The number of alkyl halides is 1. The third-order valence-corrected chi connectivity index (χ3v) is 6.18. The Morgan fingerprint density at radius 3 is 2.44 bits per heavy atom. The molecule has 0 bridgehead atoms. The number of ether oxygens (including phenoxy) is 1. The second-order valence-corrected chi connectivity index (χ2v) is 7.33. The summed E-state index contributed by atoms with van der Waals surface area (Å²) < 4.78 is 6.96. The smallest absolute Gasteiger partial charge is 0.119 e. The summed E-state index contributed by atoms with van der Waals surface area (Å²) in [4.78, 5) is 0. The molecular weight excluding hydrogens is 356 g/mol. The zero-order valence-electron chi connectivity index (χ0n) is 10.4. The maximum Gasteiger partial charge on any atom is 0.119 e. The van der Waals surface area contributed by atoms with E-state index in [1.54, 1.807) is 0 Å². The van der Waals surface area contributed by atoms with Crippen molar-refractivity contribution in [1.82, 2.24) is 0 Å². The largest absolute Gasteiger partial charge is 0.494 e. The van der Waals surface area contributed by atoms with E-state index in [-0.39, 0.29) is 0 Å². The van der Waals surface area contributed by atoms with Crippen LogP contribution in [0.15, 0.2) is 28.7 Å². The fourth-order valence-electron chi connectivity index (χ4n) is 3.30. The summed E-state index contributed by atoms with van der Waals surface area (Å²) in [5.74, 6) is 3.05. The quantitative estimate of drug-likeness (QED) is 0.657. The lowest BCUT2D eigenvalue weighted by Crippen LogP contribution is -2.23. The Bertz CT molecular complexity index is 405. The van der Waals surface area contributed by atoms with Gasteiger partial charge in [-0.3, -0.25) is 0 Å². The third kappa shape index (κ3) is 2.77. The molecule has 1 aromatic rings. The van der Waals surface area contributed by atoms with E-state index >= 15 is 0 Å². The molecule has 2 unspecified atom stereocenters. The fourth-order valence-corrected chi connectivity index (χ4v) is 4.30. The zero-order chi connectivity index (χ0) is 12.6. The van der Waals surface area contributed by atoms with Gasteiger partial charge in [-0.25, -0.2) is 0 Å². The average molecular weight is 374 g/mol. The van der Waals surface area contributed by atoms with Gasteiger partial charge in [0.2, 0.25) is 0 Å². The molecule has 0 aliphatic heterocycles. The lowest BCUT2D eigenvalue weighted by Gasteiger charge is -2.28. The Morgan fingerprint density at radius 1 is 1.17 bits per heavy atom. The normalized spacial score (nSPS) is 33.2. The van der Waals surface area contributed by atoms with Crippen molar-refractivity contribution in [3.8, 4) is 5.75 Å². The van der Waals surface area contributed by atoms with Crippen LogP contribution in [0.2, 0.25) is 0 Å². The minimum Gasteiger partial charge on any atom is -0.494 e. The Kier molecular flexibility index (Phi) is 3.72. The fraction of sp³-hybridized carbons (Fsp3) is 0.600. The van der Waals surface area contributed by atoms with Crippen LogP contribution in [0, 0.1) is 17.3 Å². The summed E-state index contributed by atoms with van der Waals surface area (Å²) in [6.45, 7) is 0.840. The minimum absolute atomic E-state index is 0.517. The Balaban J connectivity index is 1.50. The van der Waals surface area contributed by atoms with E-state index in [0.717, 1.165) is 34.0 Å². The van der Waals surface area contributed by atoms with E-state index in [9.17, 15) is 0 Å². The van der Waals surface area contributed by atoms with Crippen LogP contribution in [0.5, 0.6) is 5.75 Å². The Hall–Kier alpha value is -0.0200. The van der Waals surface area contributed by atoms with Gasteiger partial charge in [-0.15, -0.1) is 0 Å². The number of hydrogen-bond donors (Lipinski definition) is 0. The van der Waals surface area contributed by atoms with Gasteiger partial charge < -0.3 is 4.74 Å². The van der Waals surface area contributed by atoms with Crippen LogP contribution in [0.25, 0.3) is 0 Å². The van der Waals surface area contributed by atoms with Crippen LogP contribution < -0.4 is 4.74 Å². The van der Waals surface area contributed by atoms with Crippen molar-refractivity contribution in [2.24, 2.45) is 17.3 Å². The lowest BCUT2D eigenvalue weighted by molar-refractivity contribution is 0.207. The highest BCUT2D eigenvalue weighted by atomic mass is 79.9. The first-order valence-corrected chi connectivity index (χ1v) is 8.57. The highest BCUT2D eigenvalue weighted by Crippen LogP contribution is 2.61. The molecule has 0 N–H and O–H groups in total. The summed E-state index contributed by atoms with van der Waals surface area (Å²) in [6.07, 6.45) is 5.49. The molecule has 3 heteroatoms. The van der Waals surface area contributed by atoms with Gasteiger partial charge in [0.1, 0.15) is 5.75 Å². The molecule has 98 valence electrons. The SMILES string of the molecule is BrCC1(CCOc2ccc(Br)cc2)CC2CC2C1. The first-order chi connectivity index (χ1) is 8.71. The lowest BCUT2D eigenvalue weighted by atomic mass is 9.82. The van der Waals surface area contributed by atoms with Crippen molar-refractivity contribution >= 4 is 31.9 Å². The highest BCUT2D eigenvalue weighted by Gasteiger charge is 2.52. The number of hydrogen-bond acceptors (Lipinski definition) is 1.